The van der Waals surface area contributed by atoms with Crippen LogP contribution in [0.4, 0.5) is 0 Å². The smallest absolute Gasteiger partial charge is 0.203 e. The van der Waals surface area contributed by atoms with Gasteiger partial charge >= 0.3 is 0 Å². The van der Waals surface area contributed by atoms with Crippen molar-refractivity contribution in [3.63, 3.8) is 0 Å². The summed E-state index contributed by atoms with van der Waals surface area (Å²) in [6, 6.07) is 10.3. The fourth-order valence-corrected chi connectivity index (χ4v) is 3.25. The Morgan fingerprint density at radius 2 is 1.83 bits per heavy atom. The molecule has 150 valence electrons. The summed E-state index contributed by atoms with van der Waals surface area (Å²) < 4.78 is 12.7. The van der Waals surface area contributed by atoms with Crippen LogP contribution in [-0.2, 0) is 13.7 Å². The highest BCUT2D eigenvalue weighted by Gasteiger charge is 2.11. The molecular formula is C21H17Cl3N2O3. The second-order valence-electron chi connectivity index (χ2n) is 6.09. The molecule has 8 heteroatoms. The lowest BCUT2D eigenvalue weighted by Crippen LogP contribution is -2.03. The van der Waals surface area contributed by atoms with E-state index in [2.05, 4.69) is 5.10 Å². The van der Waals surface area contributed by atoms with Crippen LogP contribution >= 0.6 is 34.8 Å². The third kappa shape index (κ3) is 5.12. The lowest BCUT2D eigenvalue weighted by Gasteiger charge is -2.13. The van der Waals surface area contributed by atoms with Crippen molar-refractivity contribution >= 4 is 46.7 Å². The number of methoxy groups -OCH3 is 1. The van der Waals surface area contributed by atoms with Gasteiger partial charge in [0.2, 0.25) is 5.78 Å². The van der Waals surface area contributed by atoms with E-state index >= 15 is 0 Å². The van der Waals surface area contributed by atoms with E-state index in [9.17, 15) is 4.79 Å². The predicted octanol–water partition coefficient (Wildman–Crippen LogP) is 5.86. The van der Waals surface area contributed by atoms with Crippen LogP contribution in [0.5, 0.6) is 11.5 Å². The monoisotopic (exact) mass is 450 g/mol. The predicted molar refractivity (Wildman–Crippen MR) is 115 cm³/mol. The Labute approximate surface area is 183 Å². The van der Waals surface area contributed by atoms with Crippen molar-refractivity contribution in [2.45, 2.75) is 6.61 Å². The quantitative estimate of drug-likeness (QED) is 0.256. The highest BCUT2D eigenvalue weighted by molar-refractivity contribution is 6.43. The Hall–Kier alpha value is -2.47. The summed E-state index contributed by atoms with van der Waals surface area (Å²) in [5.41, 5.74) is 2.11. The second-order valence-corrected chi connectivity index (χ2v) is 7.32. The highest BCUT2D eigenvalue weighted by atomic mass is 35.5. The van der Waals surface area contributed by atoms with Crippen molar-refractivity contribution in [1.29, 1.82) is 0 Å². The maximum atomic E-state index is 12.3. The summed E-state index contributed by atoms with van der Waals surface area (Å²) >= 11 is 18.1. The van der Waals surface area contributed by atoms with Gasteiger partial charge in [0.1, 0.15) is 23.8 Å². The molecule has 0 spiro atoms. The maximum Gasteiger partial charge on any atom is 0.203 e. The van der Waals surface area contributed by atoms with Crippen LogP contribution in [0.3, 0.4) is 0 Å². The third-order valence-electron chi connectivity index (χ3n) is 4.16. The van der Waals surface area contributed by atoms with Crippen molar-refractivity contribution in [1.82, 2.24) is 9.78 Å². The molecule has 0 saturated heterocycles. The molecule has 3 rings (SSSR count). The first kappa shape index (κ1) is 21.2. The molecule has 5 nitrogen and oxygen atoms in total. The Morgan fingerprint density at radius 1 is 1.07 bits per heavy atom. The molecule has 0 saturated carbocycles. The molecule has 1 aromatic heterocycles. The van der Waals surface area contributed by atoms with Crippen molar-refractivity contribution in [3.05, 3.63) is 80.6 Å². The standard InChI is InChI=1S/C21H17Cl3N2O3/c1-26-18(7-8-25-26)19(27)5-3-13-4-6-20(28-2)14(9-13)12-29-21-11-16(23)15(22)10-17(21)24/h3-11H,12H2,1-2H3/b5-3+. The Balaban J connectivity index is 1.78. The normalized spacial score (nSPS) is 11.1. The average Bonchev–Trinajstić information content (AvgIpc) is 3.14. The van der Waals surface area contributed by atoms with Crippen LogP contribution < -0.4 is 9.47 Å². The number of ketones is 1. The Kier molecular flexibility index (Phi) is 6.85. The summed E-state index contributed by atoms with van der Waals surface area (Å²) in [7, 11) is 3.30. The summed E-state index contributed by atoms with van der Waals surface area (Å²) in [5.74, 6) is 0.924. The molecule has 0 aliphatic rings. The number of rotatable bonds is 7. The number of hydrogen-bond acceptors (Lipinski definition) is 4. The highest BCUT2D eigenvalue weighted by Crippen LogP contribution is 2.34. The van der Waals surface area contributed by atoms with Gasteiger partial charge in [-0.25, -0.2) is 0 Å². The van der Waals surface area contributed by atoms with Crippen molar-refractivity contribution < 1.29 is 14.3 Å². The minimum absolute atomic E-state index is 0.138. The van der Waals surface area contributed by atoms with Gasteiger partial charge in [-0.2, -0.15) is 5.10 Å². The van der Waals surface area contributed by atoms with E-state index in [1.165, 1.54) is 16.8 Å². The van der Waals surface area contributed by atoms with Crippen LogP contribution in [0, 0.1) is 0 Å². The van der Waals surface area contributed by atoms with E-state index in [1.54, 1.807) is 38.6 Å². The lowest BCUT2D eigenvalue weighted by atomic mass is 10.1. The van der Waals surface area contributed by atoms with Gasteiger partial charge in [-0.05, 0) is 35.9 Å². The summed E-state index contributed by atoms with van der Waals surface area (Å²) in [6.45, 7) is 0.193. The Bertz CT molecular complexity index is 1080. The molecule has 0 radical (unpaired) electrons. The molecule has 0 unspecified atom stereocenters. The van der Waals surface area contributed by atoms with E-state index in [-0.39, 0.29) is 12.4 Å². The molecule has 0 fully saturated rings. The molecule has 0 aliphatic heterocycles. The topological polar surface area (TPSA) is 53.3 Å². The molecule has 29 heavy (non-hydrogen) atoms. The van der Waals surface area contributed by atoms with E-state index in [0.717, 1.165) is 11.1 Å². The average molecular weight is 452 g/mol. The zero-order chi connectivity index (χ0) is 21.0. The van der Waals surface area contributed by atoms with Gasteiger partial charge in [0.05, 0.1) is 22.2 Å². The van der Waals surface area contributed by atoms with Gasteiger partial charge < -0.3 is 9.47 Å². The summed E-state index contributed by atoms with van der Waals surface area (Å²) in [5, 5.41) is 5.06. The van der Waals surface area contributed by atoms with Gasteiger partial charge in [0, 0.05) is 24.9 Å². The molecule has 0 atom stereocenters. The van der Waals surface area contributed by atoms with Crippen molar-refractivity contribution in [2.24, 2.45) is 7.05 Å². The second kappa shape index (κ2) is 9.35. The first-order chi connectivity index (χ1) is 13.9. The number of aryl methyl sites for hydroxylation is 1. The fraction of sp³-hybridized carbons (Fsp3) is 0.143. The van der Waals surface area contributed by atoms with Crippen molar-refractivity contribution in [2.75, 3.05) is 7.11 Å². The zero-order valence-electron chi connectivity index (χ0n) is 15.7. The van der Waals surface area contributed by atoms with E-state index < -0.39 is 0 Å². The van der Waals surface area contributed by atoms with Crippen LogP contribution in [0.2, 0.25) is 15.1 Å². The van der Waals surface area contributed by atoms with Crippen LogP contribution in [0.1, 0.15) is 21.6 Å². The number of nitrogens with zero attached hydrogens (tertiary/aromatic N) is 2. The molecule has 3 aromatic rings. The first-order valence-electron chi connectivity index (χ1n) is 8.53. The fourth-order valence-electron chi connectivity index (χ4n) is 2.66. The number of allylic oxidation sites excluding steroid dienone is 1. The molecule has 1 heterocycles. The molecule has 2 aromatic carbocycles. The molecule has 0 N–H and O–H groups in total. The summed E-state index contributed by atoms with van der Waals surface area (Å²) in [4.78, 5) is 12.3. The number of carbonyl (C=O) groups is 1. The Morgan fingerprint density at radius 3 is 2.52 bits per heavy atom. The number of ether oxygens (including phenoxy) is 2. The van der Waals surface area contributed by atoms with Crippen LogP contribution in [0.15, 0.2) is 48.7 Å². The van der Waals surface area contributed by atoms with E-state index in [1.807, 2.05) is 18.2 Å². The summed E-state index contributed by atoms with van der Waals surface area (Å²) in [6.07, 6.45) is 4.81. The van der Waals surface area contributed by atoms with Gasteiger partial charge in [-0.15, -0.1) is 0 Å². The number of hydrogen-bond donors (Lipinski definition) is 0. The van der Waals surface area contributed by atoms with Gasteiger partial charge in [-0.3, -0.25) is 9.48 Å². The van der Waals surface area contributed by atoms with Crippen LogP contribution in [-0.4, -0.2) is 22.7 Å². The largest absolute Gasteiger partial charge is 0.496 e. The van der Waals surface area contributed by atoms with Gasteiger partial charge in [0.25, 0.3) is 0 Å². The molecule has 0 bridgehead atoms. The van der Waals surface area contributed by atoms with Gasteiger partial charge in [-0.1, -0.05) is 46.9 Å². The molecule has 0 aliphatic carbocycles. The van der Waals surface area contributed by atoms with E-state index in [4.69, 9.17) is 44.3 Å². The van der Waals surface area contributed by atoms with Crippen LogP contribution in [0.25, 0.3) is 6.08 Å². The lowest BCUT2D eigenvalue weighted by molar-refractivity contribution is 0.103. The zero-order valence-corrected chi connectivity index (χ0v) is 17.9. The first-order valence-corrected chi connectivity index (χ1v) is 9.67. The third-order valence-corrected chi connectivity index (χ3v) is 5.18. The molecule has 0 amide bonds. The van der Waals surface area contributed by atoms with E-state index in [0.29, 0.717) is 32.3 Å². The number of carbonyl (C=O) groups excluding carboxylic acids is 1. The maximum absolute atomic E-state index is 12.3. The minimum atomic E-state index is -0.138. The minimum Gasteiger partial charge on any atom is -0.496 e. The number of halogens is 3. The van der Waals surface area contributed by atoms with Gasteiger partial charge in [0.15, 0.2) is 0 Å². The van der Waals surface area contributed by atoms with Crippen molar-refractivity contribution in [3.8, 4) is 11.5 Å². The number of aromatic nitrogens is 2. The number of benzene rings is 2. The SMILES string of the molecule is COc1ccc(/C=C/C(=O)c2ccnn2C)cc1COc1cc(Cl)c(Cl)cc1Cl. The molecular weight excluding hydrogens is 435 g/mol.